The van der Waals surface area contributed by atoms with E-state index in [-0.39, 0.29) is 0 Å². The molecule has 1 saturated heterocycles. The molecule has 2 rings (SSSR count). The molecular formula is C8H18N3+. The number of rotatable bonds is 0. The Kier molecular flexibility index (Phi) is 1.67. The van der Waals surface area contributed by atoms with E-state index in [1.807, 2.05) is 0 Å². The Morgan fingerprint density at radius 2 is 1.45 bits per heavy atom. The summed E-state index contributed by atoms with van der Waals surface area (Å²) in [6, 6.07) is 1.44. The van der Waals surface area contributed by atoms with Crippen LogP contribution in [0.15, 0.2) is 0 Å². The Morgan fingerprint density at radius 1 is 1.00 bits per heavy atom. The smallest absolute Gasteiger partial charge is 0.104 e. The van der Waals surface area contributed by atoms with Gasteiger partial charge in [0.15, 0.2) is 0 Å². The molecular weight excluding hydrogens is 138 g/mol. The zero-order valence-corrected chi connectivity index (χ0v) is 7.43. The van der Waals surface area contributed by atoms with Crippen molar-refractivity contribution in [3.05, 3.63) is 0 Å². The monoisotopic (exact) mass is 156 g/mol. The number of quaternary nitrogens is 1. The number of hydrogen-bond acceptors (Lipinski definition) is 2. The second-order valence-corrected chi connectivity index (χ2v) is 4.21. The van der Waals surface area contributed by atoms with Crippen molar-refractivity contribution in [2.45, 2.75) is 37.8 Å². The fraction of sp³-hybridized carbons (Fsp3) is 1.00. The highest BCUT2D eigenvalue weighted by Crippen LogP contribution is 2.23. The van der Waals surface area contributed by atoms with E-state index >= 15 is 0 Å². The fourth-order valence-corrected chi connectivity index (χ4v) is 2.31. The average molecular weight is 156 g/mol. The van der Waals surface area contributed by atoms with Crippen LogP contribution in [0, 0.1) is 0 Å². The minimum Gasteiger partial charge on any atom is -0.176 e. The molecule has 1 aliphatic heterocycles. The molecule has 2 atom stereocenters. The van der Waals surface area contributed by atoms with Crippen LogP contribution in [0.5, 0.6) is 0 Å². The summed E-state index contributed by atoms with van der Waals surface area (Å²) >= 11 is 0. The standard InChI is InChI=1S/C8H18N3/c1-11(2)9-7-5-3-4-6-8(7)10-11/h7-10H,3-6H2,1-2H3/q+1. The first-order chi connectivity index (χ1) is 5.17. The summed E-state index contributed by atoms with van der Waals surface area (Å²) in [5, 5.41) is 0. The van der Waals surface area contributed by atoms with Gasteiger partial charge in [-0.05, 0) is 12.8 Å². The zero-order valence-electron chi connectivity index (χ0n) is 7.43. The Balaban J connectivity index is 2.03. The summed E-state index contributed by atoms with van der Waals surface area (Å²) in [5.41, 5.74) is 7.12. The van der Waals surface area contributed by atoms with Crippen LogP contribution in [0.4, 0.5) is 0 Å². The van der Waals surface area contributed by atoms with Crippen molar-refractivity contribution in [1.82, 2.24) is 10.9 Å². The number of fused-ring (bicyclic) bond motifs is 1. The lowest BCUT2D eigenvalue weighted by molar-refractivity contribution is -0.964. The SMILES string of the molecule is C[N+]1(C)NC2CCCCC2N1. The summed E-state index contributed by atoms with van der Waals surface area (Å²) in [4.78, 5) is 0. The van der Waals surface area contributed by atoms with Crippen molar-refractivity contribution >= 4 is 0 Å². The number of hydrogen-bond donors (Lipinski definition) is 2. The van der Waals surface area contributed by atoms with Crippen molar-refractivity contribution < 1.29 is 4.70 Å². The molecule has 2 N–H and O–H groups in total. The van der Waals surface area contributed by atoms with Gasteiger partial charge in [0.25, 0.3) is 0 Å². The summed E-state index contributed by atoms with van der Waals surface area (Å²) in [6.45, 7) is 0. The first kappa shape index (κ1) is 7.53. The molecule has 1 heterocycles. The van der Waals surface area contributed by atoms with E-state index in [0.29, 0.717) is 0 Å². The van der Waals surface area contributed by atoms with E-state index in [0.717, 1.165) is 16.8 Å². The van der Waals surface area contributed by atoms with E-state index in [2.05, 4.69) is 24.9 Å². The first-order valence-corrected chi connectivity index (χ1v) is 4.57. The highest BCUT2D eigenvalue weighted by Gasteiger charge is 2.40. The van der Waals surface area contributed by atoms with E-state index in [4.69, 9.17) is 0 Å². The molecule has 2 fully saturated rings. The van der Waals surface area contributed by atoms with Gasteiger partial charge in [-0.15, -0.1) is 10.9 Å². The summed E-state index contributed by atoms with van der Waals surface area (Å²) in [7, 11) is 4.33. The molecule has 0 amide bonds. The molecule has 0 aromatic heterocycles. The van der Waals surface area contributed by atoms with Gasteiger partial charge in [-0.25, -0.2) is 0 Å². The van der Waals surface area contributed by atoms with Crippen LogP contribution in [-0.4, -0.2) is 30.9 Å². The quantitative estimate of drug-likeness (QED) is 0.496. The molecule has 1 saturated carbocycles. The van der Waals surface area contributed by atoms with Gasteiger partial charge >= 0.3 is 0 Å². The third-order valence-electron chi connectivity index (χ3n) is 2.74. The minimum atomic E-state index is 0.721. The van der Waals surface area contributed by atoms with Gasteiger partial charge in [-0.1, -0.05) is 12.8 Å². The van der Waals surface area contributed by atoms with Crippen molar-refractivity contribution in [3.63, 3.8) is 0 Å². The second-order valence-electron chi connectivity index (χ2n) is 4.21. The van der Waals surface area contributed by atoms with Crippen LogP contribution in [0.1, 0.15) is 25.7 Å². The first-order valence-electron chi connectivity index (χ1n) is 4.57. The summed E-state index contributed by atoms with van der Waals surface area (Å²) < 4.78 is 0.787. The average Bonchev–Trinajstić information content (AvgIpc) is 2.21. The van der Waals surface area contributed by atoms with Crippen molar-refractivity contribution in [2.24, 2.45) is 0 Å². The summed E-state index contributed by atoms with van der Waals surface area (Å²) in [5.74, 6) is 0. The molecule has 64 valence electrons. The van der Waals surface area contributed by atoms with Gasteiger partial charge in [0, 0.05) is 0 Å². The van der Waals surface area contributed by atoms with Crippen molar-refractivity contribution in [3.8, 4) is 0 Å². The van der Waals surface area contributed by atoms with Crippen LogP contribution >= 0.6 is 0 Å². The van der Waals surface area contributed by atoms with Gasteiger partial charge < -0.3 is 0 Å². The highest BCUT2D eigenvalue weighted by molar-refractivity contribution is 4.84. The van der Waals surface area contributed by atoms with E-state index < -0.39 is 0 Å². The van der Waals surface area contributed by atoms with E-state index in [9.17, 15) is 0 Å². The molecule has 0 aromatic carbocycles. The van der Waals surface area contributed by atoms with Gasteiger partial charge in [0.2, 0.25) is 0 Å². The summed E-state index contributed by atoms with van der Waals surface area (Å²) in [6.07, 6.45) is 5.49. The molecule has 0 spiro atoms. The minimum absolute atomic E-state index is 0.721. The number of nitrogens with zero attached hydrogens (tertiary/aromatic N) is 1. The Morgan fingerprint density at radius 3 is 1.91 bits per heavy atom. The van der Waals surface area contributed by atoms with Crippen LogP contribution in [0.25, 0.3) is 0 Å². The maximum Gasteiger partial charge on any atom is 0.104 e. The maximum absolute atomic E-state index is 3.56. The topological polar surface area (TPSA) is 24.1 Å². The van der Waals surface area contributed by atoms with Crippen molar-refractivity contribution in [1.29, 1.82) is 0 Å². The van der Waals surface area contributed by atoms with Gasteiger partial charge in [0.05, 0.1) is 12.1 Å². The molecule has 3 heteroatoms. The third-order valence-corrected chi connectivity index (χ3v) is 2.74. The molecule has 1 aliphatic carbocycles. The van der Waals surface area contributed by atoms with Gasteiger partial charge in [-0.2, -0.15) is 4.70 Å². The Labute approximate surface area is 68.3 Å². The molecule has 0 bridgehead atoms. The molecule has 3 nitrogen and oxygen atoms in total. The molecule has 11 heavy (non-hydrogen) atoms. The predicted molar refractivity (Wildman–Crippen MR) is 44.4 cm³/mol. The Hall–Kier alpha value is -0.120. The van der Waals surface area contributed by atoms with Gasteiger partial charge in [-0.3, -0.25) is 0 Å². The van der Waals surface area contributed by atoms with Gasteiger partial charge in [0.1, 0.15) is 14.1 Å². The van der Waals surface area contributed by atoms with Crippen LogP contribution in [-0.2, 0) is 0 Å². The van der Waals surface area contributed by atoms with E-state index in [1.165, 1.54) is 25.7 Å². The lowest BCUT2D eigenvalue weighted by Gasteiger charge is -2.21. The zero-order chi connectivity index (χ0) is 7.90. The molecule has 0 aromatic rings. The van der Waals surface area contributed by atoms with Crippen LogP contribution in [0.3, 0.4) is 0 Å². The van der Waals surface area contributed by atoms with E-state index in [1.54, 1.807) is 0 Å². The predicted octanol–water partition coefficient (Wildman–Crippen LogP) is 0.397. The second kappa shape index (κ2) is 2.44. The maximum atomic E-state index is 3.56. The van der Waals surface area contributed by atoms with Crippen LogP contribution in [0.2, 0.25) is 0 Å². The molecule has 2 unspecified atom stereocenters. The Bertz CT molecular complexity index is 139. The lowest BCUT2D eigenvalue weighted by Crippen LogP contribution is -2.54. The largest absolute Gasteiger partial charge is 0.176 e. The normalized spacial score (nSPS) is 42.0. The van der Waals surface area contributed by atoms with Crippen LogP contribution < -0.4 is 10.9 Å². The lowest BCUT2D eigenvalue weighted by atomic mass is 9.92. The third kappa shape index (κ3) is 1.41. The number of nitrogens with one attached hydrogen (secondary N) is 2. The highest BCUT2D eigenvalue weighted by atomic mass is 15.9. The fourth-order valence-electron chi connectivity index (χ4n) is 2.31. The molecule has 0 radical (unpaired) electrons. The molecule has 2 aliphatic rings. The van der Waals surface area contributed by atoms with Crippen molar-refractivity contribution in [2.75, 3.05) is 14.1 Å².